The Bertz CT molecular complexity index is 112. The number of hydrogen-bond donors (Lipinski definition) is 1. The van der Waals surface area contributed by atoms with Gasteiger partial charge in [0, 0.05) is 6.54 Å². The first-order valence-electron chi connectivity index (χ1n) is 1.87. The van der Waals surface area contributed by atoms with Crippen molar-refractivity contribution in [2.45, 2.75) is 0 Å². The minimum Gasteiger partial charge on any atom is -0.397 e. The third kappa shape index (κ3) is 1.29. The molecule has 0 bridgehead atoms. The van der Waals surface area contributed by atoms with Gasteiger partial charge in [-0.05, 0) is 6.08 Å². The van der Waals surface area contributed by atoms with Gasteiger partial charge in [-0.15, -0.1) is 0 Å². The second-order valence-electron chi connectivity index (χ2n) is 1.05. The van der Waals surface area contributed by atoms with Crippen LogP contribution in [0.2, 0.25) is 0 Å². The summed E-state index contributed by atoms with van der Waals surface area (Å²) < 4.78 is 17.2. The van der Waals surface area contributed by atoms with E-state index in [0.717, 1.165) is 0 Å². The van der Waals surface area contributed by atoms with Crippen molar-refractivity contribution < 1.29 is 8.39 Å². The van der Waals surface area contributed by atoms with Gasteiger partial charge in [0.1, 0.15) is 6.26 Å². The maximum Gasteiger partial charge on any atom is 0.287 e. The van der Waals surface area contributed by atoms with Gasteiger partial charge >= 0.3 is 0 Å². The predicted octanol–water partition coefficient (Wildman–Crippen LogP) is -0.301. The van der Waals surface area contributed by atoms with Gasteiger partial charge in [-0.2, -0.15) is 4.21 Å². The molecule has 0 fully saturated rings. The van der Waals surface area contributed by atoms with E-state index in [-0.39, 0.29) is 0 Å². The molecule has 4 heteroatoms. The Morgan fingerprint density at radius 2 is 2.71 bits per heavy atom. The lowest BCUT2D eigenvalue weighted by molar-refractivity contribution is 0.484. The van der Waals surface area contributed by atoms with E-state index in [0.29, 0.717) is 6.54 Å². The Hall–Kier alpha value is -0.350. The molecule has 0 amide bonds. The van der Waals surface area contributed by atoms with Crippen molar-refractivity contribution >= 4 is 11.3 Å². The number of rotatable bonds is 0. The van der Waals surface area contributed by atoms with Crippen LogP contribution in [-0.2, 0) is 15.4 Å². The van der Waals surface area contributed by atoms with Gasteiger partial charge in [0.25, 0.3) is 11.3 Å². The van der Waals surface area contributed by atoms with Gasteiger partial charge in [-0.3, -0.25) is 0 Å². The van der Waals surface area contributed by atoms with Crippen molar-refractivity contribution in [3.63, 3.8) is 0 Å². The van der Waals surface area contributed by atoms with Crippen LogP contribution >= 0.6 is 0 Å². The summed E-state index contributed by atoms with van der Waals surface area (Å²) in [6.07, 6.45) is 3.17. The molecule has 1 aliphatic rings. The molecule has 0 spiro atoms. The van der Waals surface area contributed by atoms with Crippen molar-refractivity contribution in [2.75, 3.05) is 6.54 Å². The molecule has 3 nitrogen and oxygen atoms in total. The average Bonchev–Trinajstić information content (AvgIpc) is 1.69. The lowest BCUT2D eigenvalue weighted by atomic mass is 10.6. The van der Waals surface area contributed by atoms with Crippen LogP contribution in [0.15, 0.2) is 12.3 Å². The Morgan fingerprint density at radius 1 is 1.86 bits per heavy atom. The lowest BCUT2D eigenvalue weighted by Crippen LogP contribution is -2.20. The largest absolute Gasteiger partial charge is 0.397 e. The summed E-state index contributed by atoms with van der Waals surface area (Å²) in [5.41, 5.74) is 0. The van der Waals surface area contributed by atoms with E-state index in [9.17, 15) is 4.21 Å². The lowest BCUT2D eigenvalue weighted by Gasteiger charge is -2.02. The quantitative estimate of drug-likeness (QED) is 0.475. The molecule has 1 atom stereocenters. The monoisotopic (exact) mass is 119 g/mol. The van der Waals surface area contributed by atoms with E-state index in [1.807, 2.05) is 0 Å². The normalized spacial score (nSPS) is 29.4. The van der Waals surface area contributed by atoms with Crippen LogP contribution in [0, 0.1) is 0 Å². The molecule has 0 radical (unpaired) electrons. The fourth-order valence-corrected chi connectivity index (χ4v) is 0.768. The van der Waals surface area contributed by atoms with E-state index in [4.69, 9.17) is 0 Å². The molecule has 1 heterocycles. The molecule has 40 valence electrons. The standard InChI is InChI=1S/C3H5NO2S/c5-7-4-2-1-3-6-7/h1,3-4H,2H2. The predicted molar refractivity (Wildman–Crippen MR) is 26.4 cm³/mol. The van der Waals surface area contributed by atoms with E-state index in [2.05, 4.69) is 8.91 Å². The minimum atomic E-state index is -1.28. The topological polar surface area (TPSA) is 38.3 Å². The molecule has 0 aromatic heterocycles. The summed E-state index contributed by atoms with van der Waals surface area (Å²) in [5, 5.41) is 0. The van der Waals surface area contributed by atoms with Gasteiger partial charge in [-0.25, -0.2) is 4.72 Å². The van der Waals surface area contributed by atoms with Crippen molar-refractivity contribution in [3.05, 3.63) is 12.3 Å². The van der Waals surface area contributed by atoms with Gasteiger partial charge in [-0.1, -0.05) is 0 Å². The zero-order valence-electron chi connectivity index (χ0n) is 3.59. The van der Waals surface area contributed by atoms with Crippen LogP contribution in [0.5, 0.6) is 0 Å². The summed E-state index contributed by atoms with van der Waals surface area (Å²) >= 11 is -1.28. The fourth-order valence-electron chi connectivity index (χ4n) is 0.288. The molecule has 1 aliphatic heterocycles. The molecule has 1 N–H and O–H groups in total. The second kappa shape index (κ2) is 2.09. The molecular formula is C3H5NO2S. The zero-order valence-corrected chi connectivity index (χ0v) is 4.40. The zero-order chi connectivity index (χ0) is 5.11. The Labute approximate surface area is 44.2 Å². The highest BCUT2D eigenvalue weighted by Crippen LogP contribution is 1.87. The van der Waals surface area contributed by atoms with Crippen LogP contribution in [0.3, 0.4) is 0 Å². The van der Waals surface area contributed by atoms with Crippen molar-refractivity contribution in [2.24, 2.45) is 0 Å². The van der Waals surface area contributed by atoms with Crippen LogP contribution in [0.4, 0.5) is 0 Å². The first-order valence-corrected chi connectivity index (χ1v) is 2.94. The molecule has 0 aliphatic carbocycles. The highest BCUT2D eigenvalue weighted by Gasteiger charge is 1.96. The summed E-state index contributed by atoms with van der Waals surface area (Å²) in [5.74, 6) is 0. The highest BCUT2D eigenvalue weighted by atomic mass is 32.2. The number of hydrogen-bond acceptors (Lipinski definition) is 2. The Kier molecular flexibility index (Phi) is 1.43. The third-order valence-corrected chi connectivity index (χ3v) is 1.25. The van der Waals surface area contributed by atoms with E-state index in [1.54, 1.807) is 6.08 Å². The first kappa shape index (κ1) is 4.80. The minimum absolute atomic E-state index is 0.632. The van der Waals surface area contributed by atoms with Crippen molar-refractivity contribution in [1.29, 1.82) is 0 Å². The smallest absolute Gasteiger partial charge is 0.287 e. The third-order valence-electron chi connectivity index (χ3n) is 0.558. The highest BCUT2D eigenvalue weighted by molar-refractivity contribution is 7.78. The van der Waals surface area contributed by atoms with Crippen LogP contribution in [0.1, 0.15) is 0 Å². The average molecular weight is 119 g/mol. The van der Waals surface area contributed by atoms with Crippen molar-refractivity contribution in [1.82, 2.24) is 4.72 Å². The van der Waals surface area contributed by atoms with Gasteiger partial charge in [0.05, 0.1) is 0 Å². The molecule has 0 aromatic rings. The molecule has 7 heavy (non-hydrogen) atoms. The Morgan fingerprint density at radius 3 is 3.00 bits per heavy atom. The van der Waals surface area contributed by atoms with Gasteiger partial charge in [0.2, 0.25) is 0 Å². The second-order valence-corrected chi connectivity index (χ2v) is 2.00. The van der Waals surface area contributed by atoms with Crippen LogP contribution in [-0.4, -0.2) is 10.8 Å². The number of nitrogens with one attached hydrogen (secondary N) is 1. The SMILES string of the molecule is O=S1NCC=CO1. The fraction of sp³-hybridized carbons (Fsp3) is 0.333. The molecule has 0 aromatic carbocycles. The first-order chi connectivity index (χ1) is 3.39. The summed E-state index contributed by atoms with van der Waals surface area (Å²) in [6, 6.07) is 0. The molecule has 0 saturated carbocycles. The van der Waals surface area contributed by atoms with Gasteiger partial charge < -0.3 is 4.18 Å². The van der Waals surface area contributed by atoms with E-state index < -0.39 is 11.3 Å². The van der Waals surface area contributed by atoms with Gasteiger partial charge in [0.15, 0.2) is 0 Å². The van der Waals surface area contributed by atoms with Crippen LogP contribution < -0.4 is 4.72 Å². The maximum absolute atomic E-state index is 10.2. The summed E-state index contributed by atoms with van der Waals surface area (Å²) in [6.45, 7) is 0.632. The molecule has 1 rings (SSSR count). The maximum atomic E-state index is 10.2. The van der Waals surface area contributed by atoms with Crippen LogP contribution in [0.25, 0.3) is 0 Å². The molecule has 1 unspecified atom stereocenters. The van der Waals surface area contributed by atoms with E-state index in [1.165, 1.54) is 6.26 Å². The molecular weight excluding hydrogens is 114 g/mol. The molecule has 0 saturated heterocycles. The van der Waals surface area contributed by atoms with Crippen molar-refractivity contribution in [3.8, 4) is 0 Å². The Balaban J connectivity index is 2.47. The van der Waals surface area contributed by atoms with E-state index >= 15 is 0 Å². The summed E-state index contributed by atoms with van der Waals surface area (Å²) in [7, 11) is 0. The summed E-state index contributed by atoms with van der Waals surface area (Å²) in [4.78, 5) is 0.